The minimum atomic E-state index is -0.218. The van der Waals surface area contributed by atoms with Gasteiger partial charge in [0.1, 0.15) is 5.82 Å². The predicted molar refractivity (Wildman–Crippen MR) is 125 cm³/mol. The monoisotopic (exact) mass is 451 g/mol. The Morgan fingerprint density at radius 1 is 1.03 bits per heavy atom. The number of anilines is 1. The normalized spacial score (nSPS) is 16.0. The van der Waals surface area contributed by atoms with Crippen LogP contribution in [0.5, 0.6) is 5.88 Å². The molecule has 1 saturated heterocycles. The lowest BCUT2D eigenvalue weighted by molar-refractivity contribution is 0.211. The Morgan fingerprint density at radius 2 is 1.72 bits per heavy atom. The van der Waals surface area contributed by atoms with Crippen LogP contribution in [-0.4, -0.2) is 50.8 Å². The van der Waals surface area contributed by atoms with E-state index in [0.717, 1.165) is 59.5 Å². The molecule has 3 heterocycles. The van der Waals surface area contributed by atoms with E-state index in [9.17, 15) is 9.50 Å². The van der Waals surface area contributed by atoms with Crippen molar-refractivity contribution in [1.29, 1.82) is 0 Å². The highest BCUT2D eigenvalue weighted by molar-refractivity contribution is 7.17. The van der Waals surface area contributed by atoms with Gasteiger partial charge in [-0.15, -0.1) is 5.10 Å². The van der Waals surface area contributed by atoms with Gasteiger partial charge in [0.2, 0.25) is 10.8 Å². The van der Waals surface area contributed by atoms with E-state index in [4.69, 9.17) is 0 Å². The van der Waals surface area contributed by atoms with E-state index >= 15 is 0 Å². The van der Waals surface area contributed by atoms with E-state index in [1.165, 1.54) is 29.0 Å². The van der Waals surface area contributed by atoms with Crippen molar-refractivity contribution in [2.75, 3.05) is 31.1 Å². The maximum atomic E-state index is 13.3. The number of fused-ring (bicyclic) bond motifs is 1. The number of aryl methyl sites for hydroxylation is 2. The van der Waals surface area contributed by atoms with E-state index < -0.39 is 0 Å². The number of benzene rings is 2. The number of aromatic nitrogens is 3. The average molecular weight is 452 g/mol. The number of aromatic hydroxyl groups is 1. The Kier molecular flexibility index (Phi) is 5.57. The molecule has 0 aliphatic carbocycles. The quantitative estimate of drug-likeness (QED) is 0.487. The molecule has 1 N–H and O–H groups in total. The van der Waals surface area contributed by atoms with Crippen LogP contribution in [0, 0.1) is 12.7 Å². The van der Waals surface area contributed by atoms with Crippen LogP contribution in [0.1, 0.15) is 34.8 Å². The Balaban J connectivity index is 1.46. The van der Waals surface area contributed by atoms with Gasteiger partial charge in [0.05, 0.1) is 10.9 Å². The molecule has 1 aliphatic heterocycles. The first-order valence-electron chi connectivity index (χ1n) is 10.9. The van der Waals surface area contributed by atoms with Gasteiger partial charge in [0.15, 0.2) is 5.82 Å². The summed E-state index contributed by atoms with van der Waals surface area (Å²) in [6.07, 6.45) is 0.732. The summed E-state index contributed by atoms with van der Waals surface area (Å²) in [6.45, 7) is 7.39. The average Bonchev–Trinajstić information content (AvgIpc) is 3.35. The zero-order valence-corrected chi connectivity index (χ0v) is 19.0. The minimum Gasteiger partial charge on any atom is -0.492 e. The smallest absolute Gasteiger partial charge is 0.230 e. The van der Waals surface area contributed by atoms with Crippen molar-refractivity contribution in [2.45, 2.75) is 26.3 Å². The zero-order chi connectivity index (χ0) is 22.2. The fourth-order valence-corrected chi connectivity index (χ4v) is 5.42. The molecule has 0 bridgehead atoms. The van der Waals surface area contributed by atoms with E-state index in [1.807, 2.05) is 19.1 Å². The highest BCUT2D eigenvalue weighted by Crippen LogP contribution is 2.40. The first kappa shape index (κ1) is 20.9. The summed E-state index contributed by atoms with van der Waals surface area (Å²) >= 11 is 1.50. The van der Waals surface area contributed by atoms with E-state index in [-0.39, 0.29) is 17.7 Å². The van der Waals surface area contributed by atoms with Crippen molar-refractivity contribution < 1.29 is 9.50 Å². The van der Waals surface area contributed by atoms with E-state index in [1.54, 1.807) is 4.52 Å². The number of hydrogen-bond acceptors (Lipinski definition) is 6. The minimum absolute atomic E-state index is 0.0791. The van der Waals surface area contributed by atoms with Crippen LogP contribution >= 0.6 is 11.3 Å². The van der Waals surface area contributed by atoms with Crippen molar-refractivity contribution >= 4 is 22.0 Å². The Bertz CT molecular complexity index is 1210. The molecule has 1 aliphatic rings. The number of rotatable bonds is 5. The van der Waals surface area contributed by atoms with Gasteiger partial charge in [-0.25, -0.2) is 9.37 Å². The largest absolute Gasteiger partial charge is 0.492 e. The summed E-state index contributed by atoms with van der Waals surface area (Å²) in [4.78, 5) is 10.8. The summed E-state index contributed by atoms with van der Waals surface area (Å²) in [5, 5.41) is 15.5. The number of piperazine rings is 1. The van der Waals surface area contributed by atoms with Gasteiger partial charge in [-0.05, 0) is 36.8 Å². The molecular formula is C24H26FN5OS. The topological polar surface area (TPSA) is 56.9 Å². The highest BCUT2D eigenvalue weighted by atomic mass is 32.1. The second-order valence-electron chi connectivity index (χ2n) is 8.18. The SMILES string of the molecule is CCc1nc2sc([C@H](c3ccc(C)cc3)N3CCN(c4ccc(F)cc4)CC3)c(O)n2n1. The lowest BCUT2D eigenvalue weighted by Gasteiger charge is -2.40. The predicted octanol–water partition coefficient (Wildman–Crippen LogP) is 4.42. The van der Waals surface area contributed by atoms with E-state index in [0.29, 0.717) is 0 Å². The van der Waals surface area contributed by atoms with Gasteiger partial charge in [-0.3, -0.25) is 4.90 Å². The first-order chi connectivity index (χ1) is 15.5. The van der Waals surface area contributed by atoms with Crippen LogP contribution in [0.25, 0.3) is 4.96 Å². The third-order valence-electron chi connectivity index (χ3n) is 6.07. The van der Waals surface area contributed by atoms with Gasteiger partial charge in [-0.1, -0.05) is 48.1 Å². The molecule has 6 nitrogen and oxygen atoms in total. The van der Waals surface area contributed by atoms with Crippen LogP contribution in [0.4, 0.5) is 10.1 Å². The molecule has 1 fully saturated rings. The summed E-state index contributed by atoms with van der Waals surface area (Å²) < 4.78 is 14.9. The van der Waals surface area contributed by atoms with Gasteiger partial charge in [0, 0.05) is 38.3 Å². The van der Waals surface area contributed by atoms with Crippen molar-refractivity contribution in [1.82, 2.24) is 19.5 Å². The molecule has 32 heavy (non-hydrogen) atoms. The molecule has 166 valence electrons. The molecule has 8 heteroatoms. The lowest BCUT2D eigenvalue weighted by atomic mass is 10.0. The van der Waals surface area contributed by atoms with Crippen molar-refractivity contribution in [3.05, 3.63) is 76.2 Å². The van der Waals surface area contributed by atoms with Gasteiger partial charge in [0.25, 0.3) is 0 Å². The Hall–Kier alpha value is -2.97. The number of halogens is 1. The molecule has 1 atom stereocenters. The standard InChI is InChI=1S/C24H26FN5OS/c1-3-20-26-24-30(27-20)23(31)22(32-24)21(17-6-4-16(2)5-7-17)29-14-12-28(13-15-29)19-10-8-18(25)9-11-19/h4-11,21,31H,3,12-15H2,1-2H3/t21-/m0/s1. The molecule has 5 rings (SSSR count). The Labute approximate surface area is 190 Å². The summed E-state index contributed by atoms with van der Waals surface area (Å²) in [6, 6.07) is 15.1. The molecule has 2 aromatic carbocycles. The summed E-state index contributed by atoms with van der Waals surface area (Å²) in [5.41, 5.74) is 3.38. The van der Waals surface area contributed by atoms with Crippen molar-refractivity contribution in [3.63, 3.8) is 0 Å². The third-order valence-corrected chi connectivity index (χ3v) is 7.14. The summed E-state index contributed by atoms with van der Waals surface area (Å²) in [7, 11) is 0. The third kappa shape index (κ3) is 3.84. The van der Waals surface area contributed by atoms with Crippen LogP contribution in [0.2, 0.25) is 0 Å². The van der Waals surface area contributed by atoms with Crippen LogP contribution in [-0.2, 0) is 6.42 Å². The highest BCUT2D eigenvalue weighted by Gasteiger charge is 2.31. The molecular weight excluding hydrogens is 425 g/mol. The van der Waals surface area contributed by atoms with Crippen LogP contribution in [0.3, 0.4) is 0 Å². The van der Waals surface area contributed by atoms with Gasteiger partial charge < -0.3 is 10.0 Å². The number of thiazole rings is 1. The molecule has 0 amide bonds. The lowest BCUT2D eigenvalue weighted by Crippen LogP contribution is -2.47. The van der Waals surface area contributed by atoms with Crippen molar-refractivity contribution in [2.24, 2.45) is 0 Å². The second-order valence-corrected chi connectivity index (χ2v) is 9.19. The molecule has 0 spiro atoms. The van der Waals surface area contributed by atoms with Gasteiger partial charge >= 0.3 is 0 Å². The molecule has 0 saturated carbocycles. The molecule has 0 unspecified atom stereocenters. The van der Waals surface area contributed by atoms with Crippen LogP contribution < -0.4 is 4.90 Å². The second kappa shape index (κ2) is 8.52. The number of hydrogen-bond donors (Lipinski definition) is 1. The van der Waals surface area contributed by atoms with E-state index in [2.05, 4.69) is 51.1 Å². The van der Waals surface area contributed by atoms with Gasteiger partial charge in [-0.2, -0.15) is 4.52 Å². The maximum Gasteiger partial charge on any atom is 0.230 e. The van der Waals surface area contributed by atoms with Crippen molar-refractivity contribution in [3.8, 4) is 5.88 Å². The molecule has 4 aromatic rings. The van der Waals surface area contributed by atoms with Crippen LogP contribution in [0.15, 0.2) is 48.5 Å². The maximum absolute atomic E-state index is 13.3. The Morgan fingerprint density at radius 3 is 2.34 bits per heavy atom. The fourth-order valence-electron chi connectivity index (χ4n) is 4.29. The zero-order valence-electron chi connectivity index (χ0n) is 18.2. The summed E-state index contributed by atoms with van der Waals surface area (Å²) in [5.74, 6) is 0.687. The fraction of sp³-hybridized carbons (Fsp3) is 0.333. The molecule has 2 aromatic heterocycles. The number of nitrogens with zero attached hydrogens (tertiary/aromatic N) is 5. The molecule has 0 radical (unpaired) electrons. The first-order valence-corrected chi connectivity index (χ1v) is 11.7.